The average Bonchev–Trinajstić information content (AvgIpc) is 2.56. The van der Waals surface area contributed by atoms with Crippen molar-refractivity contribution in [1.82, 2.24) is 4.90 Å². The smallest absolute Gasteiger partial charge is 0.522 e. The maximum absolute atomic E-state index is 12.1. The molecule has 4 N–H and O–H groups in total. The minimum Gasteiger partial charge on any atom is -0.535 e. The van der Waals surface area contributed by atoms with Crippen molar-refractivity contribution in [1.29, 1.82) is 0 Å². The molecule has 0 radical (unpaired) electrons. The second-order valence-electron chi connectivity index (χ2n) is 6.72. The predicted molar refractivity (Wildman–Crippen MR) is 89.6 cm³/mol. The molecule has 0 bridgehead atoms. The number of aldehydes is 1. The largest absolute Gasteiger partial charge is 0.535 e. The van der Waals surface area contributed by atoms with Gasteiger partial charge in [-0.3, -0.25) is 9.59 Å². The summed E-state index contributed by atoms with van der Waals surface area (Å²) in [6.07, 6.45) is 1.48. The quantitative estimate of drug-likeness (QED) is 0.471. The predicted octanol–water partition coefficient (Wildman–Crippen LogP) is -0.786. The van der Waals surface area contributed by atoms with Crippen molar-refractivity contribution >= 4 is 19.3 Å². The maximum atomic E-state index is 12.1. The van der Waals surface area contributed by atoms with E-state index in [0.29, 0.717) is 43.6 Å². The number of ether oxygens (including phenoxy) is 1. The summed E-state index contributed by atoms with van der Waals surface area (Å²) in [5.74, 6) is 0.369. The number of rotatable bonds is 5. The second-order valence-corrected chi connectivity index (χ2v) is 6.72. The molecule has 0 unspecified atom stereocenters. The molecule has 3 rings (SSSR count). The number of likely N-dealkylation sites (tertiary alicyclic amines) is 1. The van der Waals surface area contributed by atoms with E-state index in [1.54, 1.807) is 6.07 Å². The summed E-state index contributed by atoms with van der Waals surface area (Å²) in [7, 11) is -0.932. The van der Waals surface area contributed by atoms with Crippen LogP contribution in [-0.4, -0.2) is 65.7 Å². The third-order valence-electron chi connectivity index (χ3n) is 4.52. The fraction of sp³-hybridized carbons (Fsp3) is 0.500. The summed E-state index contributed by atoms with van der Waals surface area (Å²) >= 11 is 0. The first kappa shape index (κ1) is 17.7. The Morgan fingerprint density at radius 1 is 1.56 bits per heavy atom. The zero-order valence-corrected chi connectivity index (χ0v) is 14.0. The molecule has 0 aromatic heterocycles. The number of hydrogen-bond donors (Lipinski definition) is 3. The van der Waals surface area contributed by atoms with Gasteiger partial charge in [0.05, 0.1) is 25.3 Å². The molecule has 134 valence electrons. The number of aliphatic hydroxyl groups is 1. The number of amides is 1. The van der Waals surface area contributed by atoms with Crippen molar-refractivity contribution in [2.24, 2.45) is 5.73 Å². The van der Waals surface area contributed by atoms with Crippen molar-refractivity contribution in [3.8, 4) is 11.5 Å². The first-order valence-electron chi connectivity index (χ1n) is 8.17. The molecule has 1 atom stereocenters. The zero-order valence-electron chi connectivity index (χ0n) is 14.0. The number of fused-ring (bicyclic) bond motifs is 1. The Morgan fingerprint density at radius 2 is 2.28 bits per heavy atom. The van der Waals surface area contributed by atoms with Crippen LogP contribution in [0.4, 0.5) is 0 Å². The topological polar surface area (TPSA) is 122 Å². The minimum absolute atomic E-state index is 0.264. The van der Waals surface area contributed by atoms with Crippen LogP contribution in [0, 0.1) is 0 Å². The third kappa shape index (κ3) is 3.35. The fourth-order valence-corrected chi connectivity index (χ4v) is 2.94. The van der Waals surface area contributed by atoms with Gasteiger partial charge in [0.2, 0.25) is 5.91 Å². The summed E-state index contributed by atoms with van der Waals surface area (Å²) in [5.41, 5.74) is 5.54. The van der Waals surface area contributed by atoms with Crippen molar-refractivity contribution in [3.05, 3.63) is 23.3 Å². The van der Waals surface area contributed by atoms with Crippen LogP contribution >= 0.6 is 0 Å². The van der Waals surface area contributed by atoms with Gasteiger partial charge < -0.3 is 30.2 Å². The van der Waals surface area contributed by atoms with E-state index in [1.165, 1.54) is 11.8 Å². The first-order chi connectivity index (χ1) is 11.9. The van der Waals surface area contributed by atoms with Gasteiger partial charge in [-0.1, -0.05) is 6.07 Å². The standard InChI is InChI=1S/C16H21BN2O6/c1-16(18,9-21)15(22)19-6-11(7-19)24-13-3-2-10-4-5-17(23)25-14(10)12(13)8-20/h2-3,8,11,21,23H,4-7,9,18H2,1H3/t16-/m0/s1. The summed E-state index contributed by atoms with van der Waals surface area (Å²) < 4.78 is 11.2. The normalized spacial score (nSPS) is 19.4. The van der Waals surface area contributed by atoms with Gasteiger partial charge in [-0.25, -0.2) is 0 Å². The van der Waals surface area contributed by atoms with Crippen LogP contribution in [-0.2, 0) is 11.2 Å². The van der Waals surface area contributed by atoms with E-state index in [0.717, 1.165) is 5.56 Å². The molecule has 8 nitrogen and oxygen atoms in total. The molecular weight excluding hydrogens is 327 g/mol. The molecule has 0 saturated carbocycles. The van der Waals surface area contributed by atoms with Gasteiger partial charge in [-0.15, -0.1) is 0 Å². The molecule has 1 amide bonds. The van der Waals surface area contributed by atoms with Crippen LogP contribution in [0.3, 0.4) is 0 Å². The van der Waals surface area contributed by atoms with Crippen molar-refractivity contribution in [2.45, 2.75) is 31.3 Å². The second kappa shape index (κ2) is 6.66. The molecule has 2 heterocycles. The highest BCUT2D eigenvalue weighted by atomic mass is 16.5. The minimum atomic E-state index is -1.31. The van der Waals surface area contributed by atoms with Gasteiger partial charge in [0.15, 0.2) is 6.29 Å². The maximum Gasteiger partial charge on any atom is 0.522 e. The monoisotopic (exact) mass is 348 g/mol. The van der Waals surface area contributed by atoms with E-state index in [2.05, 4.69) is 0 Å². The van der Waals surface area contributed by atoms with Crippen molar-refractivity contribution in [2.75, 3.05) is 19.7 Å². The summed E-state index contributed by atoms with van der Waals surface area (Å²) in [4.78, 5) is 25.1. The Bertz CT molecular complexity index is 689. The Morgan fingerprint density at radius 3 is 2.92 bits per heavy atom. The molecule has 1 saturated heterocycles. The number of aryl methyl sites for hydroxylation is 1. The SMILES string of the molecule is C[C@](N)(CO)C(=O)N1CC(Oc2ccc3c(c2C=O)OB(O)CC3)C1. The van der Waals surface area contributed by atoms with Gasteiger partial charge in [0.1, 0.15) is 23.1 Å². The van der Waals surface area contributed by atoms with Gasteiger partial charge in [0, 0.05) is 0 Å². The number of aliphatic hydroxyl groups excluding tert-OH is 1. The molecule has 0 spiro atoms. The van der Waals surface area contributed by atoms with Gasteiger partial charge in [-0.05, 0) is 31.3 Å². The van der Waals surface area contributed by atoms with Crippen LogP contribution in [0.5, 0.6) is 11.5 Å². The van der Waals surface area contributed by atoms with E-state index in [-0.39, 0.29) is 17.6 Å². The molecule has 0 aliphatic carbocycles. The number of carbonyl (C=O) groups is 2. The van der Waals surface area contributed by atoms with E-state index >= 15 is 0 Å². The third-order valence-corrected chi connectivity index (χ3v) is 4.52. The van der Waals surface area contributed by atoms with Gasteiger partial charge >= 0.3 is 7.12 Å². The van der Waals surface area contributed by atoms with Gasteiger partial charge in [0.25, 0.3) is 0 Å². The molecular formula is C16H21BN2O6. The average molecular weight is 348 g/mol. The number of hydrogen-bond acceptors (Lipinski definition) is 7. The Kier molecular flexibility index (Phi) is 4.72. The van der Waals surface area contributed by atoms with E-state index in [1.807, 2.05) is 6.07 Å². The number of nitrogens with two attached hydrogens (primary N) is 1. The summed E-state index contributed by atoms with van der Waals surface area (Å²) in [6.45, 7) is 1.68. The van der Waals surface area contributed by atoms with Crippen LogP contribution in [0.15, 0.2) is 12.1 Å². The van der Waals surface area contributed by atoms with Crippen LogP contribution in [0.2, 0.25) is 6.32 Å². The Hall–Kier alpha value is -2.10. The highest BCUT2D eigenvalue weighted by Gasteiger charge is 2.40. The Labute approximate surface area is 145 Å². The van der Waals surface area contributed by atoms with E-state index < -0.39 is 19.3 Å². The fourth-order valence-electron chi connectivity index (χ4n) is 2.94. The highest BCUT2D eigenvalue weighted by molar-refractivity contribution is 6.44. The van der Waals surface area contributed by atoms with Crippen LogP contribution in [0.1, 0.15) is 22.8 Å². The van der Waals surface area contributed by atoms with Crippen LogP contribution < -0.4 is 15.1 Å². The molecule has 9 heteroatoms. The van der Waals surface area contributed by atoms with E-state index in [9.17, 15) is 14.6 Å². The number of nitrogens with zero attached hydrogens (tertiary/aromatic N) is 1. The van der Waals surface area contributed by atoms with E-state index in [4.69, 9.17) is 20.2 Å². The lowest BCUT2D eigenvalue weighted by molar-refractivity contribution is -0.146. The zero-order chi connectivity index (χ0) is 18.2. The lowest BCUT2D eigenvalue weighted by Gasteiger charge is -2.42. The molecule has 2 aliphatic heterocycles. The summed E-state index contributed by atoms with van der Waals surface area (Å²) in [6, 6.07) is 3.52. The highest BCUT2D eigenvalue weighted by Crippen LogP contribution is 2.36. The molecule has 2 aliphatic rings. The van der Waals surface area contributed by atoms with Crippen LogP contribution in [0.25, 0.3) is 0 Å². The van der Waals surface area contributed by atoms with Crippen molar-refractivity contribution in [3.63, 3.8) is 0 Å². The van der Waals surface area contributed by atoms with Crippen molar-refractivity contribution < 1.29 is 29.1 Å². The first-order valence-corrected chi connectivity index (χ1v) is 8.17. The molecule has 1 fully saturated rings. The summed E-state index contributed by atoms with van der Waals surface area (Å²) in [5, 5.41) is 18.8. The number of carbonyl (C=O) groups excluding carboxylic acids is 2. The lowest BCUT2D eigenvalue weighted by Crippen LogP contribution is -2.64. The Balaban J connectivity index is 1.68. The van der Waals surface area contributed by atoms with Gasteiger partial charge in [-0.2, -0.15) is 0 Å². The lowest BCUT2D eigenvalue weighted by atomic mass is 9.78. The molecule has 1 aromatic rings. The molecule has 25 heavy (non-hydrogen) atoms. The molecule has 1 aromatic carbocycles. The number of benzene rings is 1.